The Morgan fingerprint density at radius 1 is 1.55 bits per heavy atom. The van der Waals surface area contributed by atoms with Crippen LogP contribution in [0.3, 0.4) is 0 Å². The van der Waals surface area contributed by atoms with Crippen molar-refractivity contribution in [3.63, 3.8) is 0 Å². The van der Waals surface area contributed by atoms with Crippen molar-refractivity contribution in [3.05, 3.63) is 23.2 Å². The summed E-state index contributed by atoms with van der Waals surface area (Å²) in [5.41, 5.74) is 0.138. The van der Waals surface area contributed by atoms with Crippen LogP contribution in [-0.2, 0) is 16.1 Å². The Morgan fingerprint density at radius 2 is 2.25 bits per heavy atom. The molecule has 0 aromatic carbocycles. The third kappa shape index (κ3) is 3.01. The molecule has 2 rings (SSSR count). The molecule has 110 valence electrons. The smallest absolute Gasteiger partial charge is 0.339 e. The normalized spacial score (nSPS) is 20.8. The second-order valence-electron chi connectivity index (χ2n) is 5.02. The first-order valence-corrected chi connectivity index (χ1v) is 6.63. The van der Waals surface area contributed by atoms with Crippen LogP contribution in [0.25, 0.3) is 0 Å². The maximum Gasteiger partial charge on any atom is 0.339 e. The summed E-state index contributed by atoms with van der Waals surface area (Å²) in [5.74, 6) is -0.259. The topological polar surface area (TPSA) is 80.0 Å². The Kier molecular flexibility index (Phi) is 4.13. The van der Waals surface area contributed by atoms with Crippen molar-refractivity contribution in [2.45, 2.75) is 32.9 Å². The molecule has 1 aliphatic carbocycles. The Bertz CT molecular complexity index is 522. The molecule has 6 heteroatoms. The number of aromatic carboxylic acids is 1. The highest BCUT2D eigenvalue weighted by molar-refractivity contribution is 5.88. The van der Waals surface area contributed by atoms with Gasteiger partial charge in [-0.1, -0.05) is 0 Å². The van der Waals surface area contributed by atoms with Gasteiger partial charge in [0.15, 0.2) is 0 Å². The van der Waals surface area contributed by atoms with Crippen molar-refractivity contribution in [2.75, 3.05) is 13.7 Å². The predicted octanol–water partition coefficient (Wildman–Crippen LogP) is 1.67. The third-order valence-electron chi connectivity index (χ3n) is 3.40. The van der Waals surface area contributed by atoms with Crippen molar-refractivity contribution in [1.29, 1.82) is 0 Å². The van der Waals surface area contributed by atoms with E-state index in [1.54, 1.807) is 18.9 Å². The van der Waals surface area contributed by atoms with E-state index in [2.05, 4.69) is 0 Å². The Balaban J connectivity index is 1.95. The number of carbonyl (C=O) groups excluding carboxylic acids is 1. The van der Waals surface area contributed by atoms with Gasteiger partial charge in [-0.2, -0.15) is 0 Å². The zero-order valence-electron chi connectivity index (χ0n) is 11.9. The molecule has 1 amide bonds. The lowest BCUT2D eigenvalue weighted by Crippen LogP contribution is -2.28. The molecule has 0 spiro atoms. The van der Waals surface area contributed by atoms with Crippen LogP contribution in [0.15, 0.2) is 10.5 Å². The number of rotatable bonds is 6. The van der Waals surface area contributed by atoms with E-state index < -0.39 is 5.97 Å². The zero-order valence-corrected chi connectivity index (χ0v) is 11.9. The number of aryl methyl sites for hydroxylation is 1. The monoisotopic (exact) mass is 281 g/mol. The van der Waals surface area contributed by atoms with Crippen LogP contribution in [0, 0.1) is 12.8 Å². The van der Waals surface area contributed by atoms with Crippen molar-refractivity contribution in [2.24, 2.45) is 5.92 Å². The first-order valence-electron chi connectivity index (χ1n) is 6.63. The number of ether oxygens (including phenoxy) is 1. The van der Waals surface area contributed by atoms with Crippen molar-refractivity contribution < 1.29 is 23.8 Å². The van der Waals surface area contributed by atoms with Crippen molar-refractivity contribution in [1.82, 2.24) is 4.90 Å². The lowest BCUT2D eigenvalue weighted by atomic mass is 10.2. The maximum absolute atomic E-state index is 12.1. The average molecular weight is 281 g/mol. The van der Waals surface area contributed by atoms with Crippen LogP contribution in [0.1, 0.15) is 35.2 Å². The number of carboxylic acids is 1. The predicted molar refractivity (Wildman–Crippen MR) is 70.4 cm³/mol. The molecule has 0 bridgehead atoms. The number of nitrogens with zero attached hydrogens (tertiary/aromatic N) is 1. The summed E-state index contributed by atoms with van der Waals surface area (Å²) < 4.78 is 10.8. The van der Waals surface area contributed by atoms with Gasteiger partial charge in [0.25, 0.3) is 0 Å². The minimum atomic E-state index is -1.02. The fraction of sp³-hybridized carbons (Fsp3) is 0.571. The first kappa shape index (κ1) is 14.6. The fourth-order valence-electron chi connectivity index (χ4n) is 2.26. The molecule has 20 heavy (non-hydrogen) atoms. The molecule has 1 fully saturated rings. The first-order chi connectivity index (χ1) is 9.43. The molecule has 2 atom stereocenters. The summed E-state index contributed by atoms with van der Waals surface area (Å²) in [6.45, 7) is 4.38. The van der Waals surface area contributed by atoms with Gasteiger partial charge in [0, 0.05) is 13.7 Å². The number of carbonyl (C=O) groups is 2. The minimum absolute atomic E-state index is 0.00868. The second-order valence-corrected chi connectivity index (χ2v) is 5.02. The van der Waals surface area contributed by atoms with Crippen LogP contribution >= 0.6 is 0 Å². The fourth-order valence-corrected chi connectivity index (χ4v) is 2.26. The van der Waals surface area contributed by atoms with Gasteiger partial charge in [-0.3, -0.25) is 4.79 Å². The molecule has 1 saturated carbocycles. The highest BCUT2D eigenvalue weighted by Gasteiger charge is 2.45. The van der Waals surface area contributed by atoms with E-state index in [4.69, 9.17) is 14.3 Å². The summed E-state index contributed by atoms with van der Waals surface area (Å²) in [4.78, 5) is 24.6. The van der Waals surface area contributed by atoms with Crippen LogP contribution in [0.4, 0.5) is 0 Å². The summed E-state index contributed by atoms with van der Waals surface area (Å²) in [6, 6.07) is 1.47. The van der Waals surface area contributed by atoms with Gasteiger partial charge in [-0.05, 0) is 26.3 Å². The molecule has 0 saturated heterocycles. The van der Waals surface area contributed by atoms with Crippen LogP contribution in [-0.4, -0.2) is 41.6 Å². The molecule has 1 aliphatic rings. The molecular weight excluding hydrogens is 262 g/mol. The second kappa shape index (κ2) is 5.66. The van der Waals surface area contributed by atoms with Gasteiger partial charge in [-0.25, -0.2) is 4.79 Å². The third-order valence-corrected chi connectivity index (χ3v) is 3.40. The Hall–Kier alpha value is -1.82. The van der Waals surface area contributed by atoms with E-state index in [0.29, 0.717) is 18.1 Å². The number of furan rings is 1. The highest BCUT2D eigenvalue weighted by Crippen LogP contribution is 2.35. The molecule has 0 unspecified atom stereocenters. The van der Waals surface area contributed by atoms with Gasteiger partial charge in [0.1, 0.15) is 17.1 Å². The van der Waals surface area contributed by atoms with Crippen LogP contribution in [0.5, 0.6) is 0 Å². The number of carboxylic acid groups (broad SMARTS) is 1. The van der Waals surface area contributed by atoms with Crippen LogP contribution < -0.4 is 0 Å². The van der Waals surface area contributed by atoms with E-state index >= 15 is 0 Å². The lowest BCUT2D eigenvalue weighted by Gasteiger charge is -2.15. The molecule has 1 aromatic rings. The summed E-state index contributed by atoms with van der Waals surface area (Å²) in [6.07, 6.45) is 0.789. The molecule has 1 heterocycles. The maximum atomic E-state index is 12.1. The summed E-state index contributed by atoms with van der Waals surface area (Å²) in [7, 11) is 1.68. The van der Waals surface area contributed by atoms with E-state index in [1.165, 1.54) is 6.07 Å². The SMILES string of the molecule is CCO[C@H]1C[C@H]1C(=O)N(C)Cc1cc(C(=O)O)c(C)o1. The van der Waals surface area contributed by atoms with E-state index in [1.807, 2.05) is 6.92 Å². The van der Waals surface area contributed by atoms with E-state index in [-0.39, 0.29) is 30.0 Å². The highest BCUT2D eigenvalue weighted by atomic mass is 16.5. The standard InChI is InChI=1S/C14H19NO5/c1-4-19-12-6-11(12)13(16)15(3)7-9-5-10(14(17)18)8(2)20-9/h5,11-12H,4,6-7H2,1-3H3,(H,17,18)/t11-,12+/m1/s1. The molecule has 0 radical (unpaired) electrons. The van der Waals surface area contributed by atoms with Gasteiger partial charge < -0.3 is 19.2 Å². The van der Waals surface area contributed by atoms with Crippen molar-refractivity contribution >= 4 is 11.9 Å². The van der Waals surface area contributed by atoms with E-state index in [0.717, 1.165) is 6.42 Å². The van der Waals surface area contributed by atoms with E-state index in [9.17, 15) is 9.59 Å². The Labute approximate surface area is 117 Å². The number of hydrogen-bond donors (Lipinski definition) is 1. The summed E-state index contributed by atoms with van der Waals surface area (Å²) in [5, 5.41) is 8.96. The van der Waals surface area contributed by atoms with Crippen molar-refractivity contribution in [3.8, 4) is 0 Å². The molecule has 0 aliphatic heterocycles. The molecule has 6 nitrogen and oxygen atoms in total. The van der Waals surface area contributed by atoms with Gasteiger partial charge in [0.2, 0.25) is 5.91 Å². The quantitative estimate of drug-likeness (QED) is 0.858. The zero-order chi connectivity index (χ0) is 14.9. The minimum Gasteiger partial charge on any atom is -0.478 e. The molecule has 1 N–H and O–H groups in total. The lowest BCUT2D eigenvalue weighted by molar-refractivity contribution is -0.133. The average Bonchev–Trinajstić information content (AvgIpc) is 3.04. The van der Waals surface area contributed by atoms with Gasteiger partial charge in [0.05, 0.1) is 18.6 Å². The summed E-state index contributed by atoms with van der Waals surface area (Å²) >= 11 is 0. The van der Waals surface area contributed by atoms with Crippen LogP contribution in [0.2, 0.25) is 0 Å². The number of hydrogen-bond acceptors (Lipinski definition) is 4. The van der Waals surface area contributed by atoms with Gasteiger partial charge in [-0.15, -0.1) is 0 Å². The number of amides is 1. The molecular formula is C14H19NO5. The van der Waals surface area contributed by atoms with Gasteiger partial charge >= 0.3 is 5.97 Å². The largest absolute Gasteiger partial charge is 0.478 e. The Morgan fingerprint density at radius 3 is 2.80 bits per heavy atom. The molecule has 1 aromatic heterocycles.